The number of phenols is 1. The third-order valence-electron chi connectivity index (χ3n) is 4.48. The van der Waals surface area contributed by atoms with Crippen molar-refractivity contribution in [3.05, 3.63) is 70.6 Å². The van der Waals surface area contributed by atoms with E-state index in [0.29, 0.717) is 18.6 Å². The van der Waals surface area contributed by atoms with Gasteiger partial charge in [0.25, 0.3) is 0 Å². The van der Waals surface area contributed by atoms with Crippen molar-refractivity contribution in [2.75, 3.05) is 0 Å². The van der Waals surface area contributed by atoms with Crippen molar-refractivity contribution >= 4 is 22.0 Å². The predicted molar refractivity (Wildman–Crippen MR) is 107 cm³/mol. The minimum Gasteiger partial charge on any atom is -0.507 e. The SMILES string of the molecule is C=C[C@H]([C@H](O)CC/C(=C/c1cc(Br)ccc1O)CC)[C@H](O)c1ccco1. The van der Waals surface area contributed by atoms with Crippen LogP contribution in [0, 0.1) is 5.92 Å². The molecule has 3 atom stereocenters. The van der Waals surface area contributed by atoms with E-state index in [-0.39, 0.29) is 5.75 Å². The van der Waals surface area contributed by atoms with Gasteiger partial charge in [-0.05, 0) is 49.6 Å². The van der Waals surface area contributed by atoms with Crippen LogP contribution in [-0.4, -0.2) is 21.4 Å². The van der Waals surface area contributed by atoms with Gasteiger partial charge in [0.05, 0.1) is 12.4 Å². The molecule has 0 unspecified atom stereocenters. The Morgan fingerprint density at radius 3 is 2.69 bits per heavy atom. The Labute approximate surface area is 162 Å². The maximum absolute atomic E-state index is 10.5. The summed E-state index contributed by atoms with van der Waals surface area (Å²) in [6, 6.07) is 8.67. The summed E-state index contributed by atoms with van der Waals surface area (Å²) in [7, 11) is 0. The van der Waals surface area contributed by atoms with Crippen molar-refractivity contribution in [2.24, 2.45) is 5.92 Å². The summed E-state index contributed by atoms with van der Waals surface area (Å²) < 4.78 is 6.12. The molecule has 1 aromatic carbocycles. The smallest absolute Gasteiger partial charge is 0.132 e. The van der Waals surface area contributed by atoms with E-state index < -0.39 is 18.1 Å². The largest absolute Gasteiger partial charge is 0.507 e. The molecule has 1 heterocycles. The number of rotatable bonds is 9. The monoisotopic (exact) mass is 420 g/mol. The maximum Gasteiger partial charge on any atom is 0.132 e. The van der Waals surface area contributed by atoms with Gasteiger partial charge in [0.2, 0.25) is 0 Å². The standard InChI is InChI=1S/C21H25BrO4/c1-3-14(12-15-13-16(22)8-10-18(15)23)7-9-19(24)17(4-2)21(25)20-6-5-11-26-20/h4-6,8,10-13,17,19,21,23-25H,2-3,7,9H2,1H3/b14-12+/t17-,19-,21+/m1/s1. The molecule has 0 radical (unpaired) electrons. The van der Waals surface area contributed by atoms with Crippen LogP contribution in [0.4, 0.5) is 0 Å². The van der Waals surface area contributed by atoms with E-state index in [1.54, 1.807) is 30.3 Å². The molecule has 2 rings (SSSR count). The van der Waals surface area contributed by atoms with Crippen LogP contribution in [0.1, 0.15) is 43.6 Å². The molecule has 0 bridgehead atoms. The van der Waals surface area contributed by atoms with Gasteiger partial charge in [-0.2, -0.15) is 0 Å². The Hall–Kier alpha value is -1.82. The van der Waals surface area contributed by atoms with Crippen molar-refractivity contribution in [3.63, 3.8) is 0 Å². The van der Waals surface area contributed by atoms with Crippen LogP contribution in [0.25, 0.3) is 6.08 Å². The van der Waals surface area contributed by atoms with E-state index in [2.05, 4.69) is 22.5 Å². The van der Waals surface area contributed by atoms with E-state index in [9.17, 15) is 15.3 Å². The highest BCUT2D eigenvalue weighted by Gasteiger charge is 2.27. The van der Waals surface area contributed by atoms with Crippen LogP contribution in [0.5, 0.6) is 5.75 Å². The second kappa shape index (κ2) is 9.76. The molecular formula is C21H25BrO4. The first-order chi connectivity index (χ1) is 12.5. The van der Waals surface area contributed by atoms with Crippen LogP contribution >= 0.6 is 15.9 Å². The van der Waals surface area contributed by atoms with Gasteiger partial charge in [0.15, 0.2) is 0 Å². The number of hydrogen-bond acceptors (Lipinski definition) is 4. The van der Waals surface area contributed by atoms with Gasteiger partial charge in [0, 0.05) is 16.0 Å². The van der Waals surface area contributed by atoms with E-state index >= 15 is 0 Å². The summed E-state index contributed by atoms with van der Waals surface area (Å²) in [5.74, 6) is 0.120. The molecule has 5 heteroatoms. The first-order valence-corrected chi connectivity index (χ1v) is 9.45. The van der Waals surface area contributed by atoms with E-state index in [1.165, 1.54) is 6.26 Å². The topological polar surface area (TPSA) is 73.8 Å². The van der Waals surface area contributed by atoms with Gasteiger partial charge in [-0.1, -0.05) is 40.6 Å². The average molecular weight is 421 g/mol. The highest BCUT2D eigenvalue weighted by Crippen LogP contribution is 2.30. The predicted octanol–water partition coefficient (Wildman–Crippen LogP) is 5.22. The molecule has 1 aromatic heterocycles. The van der Waals surface area contributed by atoms with Gasteiger partial charge in [-0.15, -0.1) is 6.58 Å². The van der Waals surface area contributed by atoms with E-state index in [1.807, 2.05) is 19.1 Å². The molecule has 0 aliphatic carbocycles. The molecule has 140 valence electrons. The minimum absolute atomic E-state index is 0.219. The number of furan rings is 1. The zero-order valence-corrected chi connectivity index (χ0v) is 16.4. The summed E-state index contributed by atoms with van der Waals surface area (Å²) in [6.45, 7) is 5.77. The van der Waals surface area contributed by atoms with Gasteiger partial charge < -0.3 is 19.7 Å². The Bertz CT molecular complexity index is 736. The fourth-order valence-corrected chi connectivity index (χ4v) is 3.26. The van der Waals surface area contributed by atoms with E-state index in [0.717, 1.165) is 22.0 Å². The third kappa shape index (κ3) is 5.34. The molecule has 0 aliphatic rings. The van der Waals surface area contributed by atoms with Crippen LogP contribution in [0.2, 0.25) is 0 Å². The first-order valence-electron chi connectivity index (χ1n) is 8.66. The lowest BCUT2D eigenvalue weighted by molar-refractivity contribution is 0.0208. The highest BCUT2D eigenvalue weighted by atomic mass is 79.9. The van der Waals surface area contributed by atoms with Crippen LogP contribution < -0.4 is 0 Å². The number of halogens is 1. The lowest BCUT2D eigenvalue weighted by Crippen LogP contribution is -2.25. The average Bonchev–Trinajstić information content (AvgIpc) is 3.16. The Kier molecular flexibility index (Phi) is 7.69. The van der Waals surface area contributed by atoms with Gasteiger partial charge in [-0.25, -0.2) is 0 Å². The normalized spacial score (nSPS) is 15.5. The van der Waals surface area contributed by atoms with Crippen molar-refractivity contribution in [3.8, 4) is 5.75 Å². The molecule has 4 nitrogen and oxygen atoms in total. The van der Waals surface area contributed by atoms with Crippen LogP contribution in [0.15, 0.2) is 63.7 Å². The molecule has 2 aromatic rings. The molecule has 0 saturated heterocycles. The lowest BCUT2D eigenvalue weighted by Gasteiger charge is -2.24. The number of aliphatic hydroxyl groups is 2. The fourth-order valence-electron chi connectivity index (χ4n) is 2.88. The van der Waals surface area contributed by atoms with Gasteiger partial charge >= 0.3 is 0 Å². The van der Waals surface area contributed by atoms with Crippen LogP contribution in [-0.2, 0) is 0 Å². The van der Waals surface area contributed by atoms with Crippen LogP contribution in [0.3, 0.4) is 0 Å². The molecule has 0 aliphatic heterocycles. The van der Waals surface area contributed by atoms with Crippen molar-refractivity contribution in [1.82, 2.24) is 0 Å². The van der Waals surface area contributed by atoms with Crippen molar-refractivity contribution in [1.29, 1.82) is 0 Å². The number of aromatic hydroxyl groups is 1. The molecule has 0 amide bonds. The van der Waals surface area contributed by atoms with Crippen molar-refractivity contribution in [2.45, 2.75) is 38.4 Å². The second-order valence-corrected chi connectivity index (χ2v) is 7.15. The molecule has 26 heavy (non-hydrogen) atoms. The number of benzene rings is 1. The van der Waals surface area contributed by atoms with Crippen molar-refractivity contribution < 1.29 is 19.7 Å². The quantitative estimate of drug-likeness (QED) is 0.486. The summed E-state index contributed by atoms with van der Waals surface area (Å²) in [4.78, 5) is 0. The zero-order valence-electron chi connectivity index (χ0n) is 14.8. The van der Waals surface area contributed by atoms with Gasteiger partial charge in [0.1, 0.15) is 17.6 Å². The summed E-state index contributed by atoms with van der Waals surface area (Å²) in [5, 5.41) is 30.9. The third-order valence-corrected chi connectivity index (χ3v) is 4.97. The molecule has 0 fully saturated rings. The lowest BCUT2D eigenvalue weighted by atomic mass is 9.89. The zero-order chi connectivity index (χ0) is 19.1. The molecular weight excluding hydrogens is 396 g/mol. The fraction of sp³-hybridized carbons (Fsp3) is 0.333. The van der Waals surface area contributed by atoms with E-state index in [4.69, 9.17) is 4.42 Å². The summed E-state index contributed by atoms with van der Waals surface area (Å²) in [5.41, 5.74) is 1.84. The number of aliphatic hydroxyl groups excluding tert-OH is 2. The summed E-state index contributed by atoms with van der Waals surface area (Å²) in [6.07, 6.45) is 5.25. The molecule has 3 N–H and O–H groups in total. The molecule has 0 spiro atoms. The molecule has 0 saturated carbocycles. The highest BCUT2D eigenvalue weighted by molar-refractivity contribution is 9.10. The Morgan fingerprint density at radius 1 is 1.31 bits per heavy atom. The number of hydrogen-bond donors (Lipinski definition) is 3. The minimum atomic E-state index is -0.930. The van der Waals surface area contributed by atoms with Gasteiger partial charge in [-0.3, -0.25) is 0 Å². The summed E-state index contributed by atoms with van der Waals surface area (Å²) >= 11 is 3.41. The number of phenolic OH excluding ortho intramolecular Hbond substituents is 1. The first kappa shape index (κ1) is 20.5. The second-order valence-electron chi connectivity index (χ2n) is 6.24. The Morgan fingerprint density at radius 2 is 2.08 bits per heavy atom. The Balaban J connectivity index is 2.05. The maximum atomic E-state index is 10.5. The number of allylic oxidation sites excluding steroid dienone is 1.